The molecule has 5 rings (SSSR count). The van der Waals surface area contributed by atoms with Gasteiger partial charge in [-0.05, 0) is 65.7 Å². The van der Waals surface area contributed by atoms with E-state index in [1.54, 1.807) is 68.8 Å². The normalized spacial score (nSPS) is 11.0. The Kier molecular flexibility index (Phi) is 9.15. The van der Waals surface area contributed by atoms with Gasteiger partial charge in [0.15, 0.2) is 16.7 Å². The Labute approximate surface area is 246 Å². The molecule has 0 atom stereocenters. The summed E-state index contributed by atoms with van der Waals surface area (Å²) in [5.74, 6) is 1.46. The summed E-state index contributed by atoms with van der Waals surface area (Å²) in [6, 6.07) is 29.4. The maximum atomic E-state index is 13.4. The number of para-hydroxylation sites is 1. The molecule has 1 amide bonds. The van der Waals surface area contributed by atoms with Gasteiger partial charge in [-0.3, -0.25) is 14.2 Å². The molecular formula is C32H28N4O5S. The zero-order valence-electron chi connectivity index (χ0n) is 23.0. The van der Waals surface area contributed by atoms with Gasteiger partial charge in [0, 0.05) is 0 Å². The number of ether oxygens (including phenoxy) is 3. The first kappa shape index (κ1) is 28.4. The van der Waals surface area contributed by atoms with E-state index in [1.165, 1.54) is 10.8 Å². The molecule has 0 aliphatic rings. The first-order valence-electron chi connectivity index (χ1n) is 13.0. The van der Waals surface area contributed by atoms with Gasteiger partial charge in [-0.15, -0.1) is 0 Å². The van der Waals surface area contributed by atoms with Gasteiger partial charge in [-0.1, -0.05) is 54.2 Å². The smallest absolute Gasteiger partial charge is 0.266 e. The molecule has 1 aromatic heterocycles. The van der Waals surface area contributed by atoms with Gasteiger partial charge >= 0.3 is 0 Å². The van der Waals surface area contributed by atoms with Crippen LogP contribution in [0, 0.1) is 0 Å². The Bertz CT molecular complexity index is 1770. The maximum absolute atomic E-state index is 13.4. The molecule has 9 nitrogen and oxygen atoms in total. The fourth-order valence-corrected chi connectivity index (χ4v) is 4.94. The van der Waals surface area contributed by atoms with Crippen molar-refractivity contribution in [3.8, 4) is 22.9 Å². The monoisotopic (exact) mass is 580 g/mol. The second kappa shape index (κ2) is 13.5. The number of carbonyl (C=O) groups is 1. The Morgan fingerprint density at radius 2 is 1.69 bits per heavy atom. The summed E-state index contributed by atoms with van der Waals surface area (Å²) in [5, 5.41) is 4.97. The number of nitrogens with one attached hydrogen (secondary N) is 1. The van der Waals surface area contributed by atoms with Gasteiger partial charge in [0.2, 0.25) is 0 Å². The third-order valence-corrected chi connectivity index (χ3v) is 7.17. The Morgan fingerprint density at radius 1 is 0.929 bits per heavy atom. The molecule has 10 heteroatoms. The molecule has 0 aliphatic carbocycles. The van der Waals surface area contributed by atoms with Crippen LogP contribution in [0.15, 0.2) is 112 Å². The van der Waals surface area contributed by atoms with Crippen molar-refractivity contribution in [1.82, 2.24) is 15.0 Å². The number of nitrogens with zero attached hydrogens (tertiary/aromatic N) is 3. The number of fused-ring (bicyclic) bond motifs is 1. The van der Waals surface area contributed by atoms with E-state index in [0.717, 1.165) is 22.9 Å². The summed E-state index contributed by atoms with van der Waals surface area (Å²) >= 11 is 1.15. The third-order valence-electron chi connectivity index (χ3n) is 6.24. The standard InChI is InChI=1S/C32H28N4O5S/c1-39-25-15-13-24(14-16-25)36-31(38)26-10-6-7-11-27(26)34-32(36)42-21-30(37)35-33-19-23-12-17-28(40-2)29(18-23)41-20-22-8-4-3-5-9-22/h3-19H,20-21H2,1-2H3,(H,35,37). The number of hydrogen-bond donors (Lipinski definition) is 1. The highest BCUT2D eigenvalue weighted by atomic mass is 32.2. The van der Waals surface area contributed by atoms with Crippen LogP contribution in [0.1, 0.15) is 11.1 Å². The third kappa shape index (κ3) is 6.79. The summed E-state index contributed by atoms with van der Waals surface area (Å²) in [4.78, 5) is 30.8. The van der Waals surface area contributed by atoms with Gasteiger partial charge in [0.05, 0.1) is 42.8 Å². The summed E-state index contributed by atoms with van der Waals surface area (Å²) < 4.78 is 18.1. The molecule has 0 saturated carbocycles. The van der Waals surface area contributed by atoms with Crippen LogP contribution in [0.3, 0.4) is 0 Å². The number of aromatic nitrogens is 2. The average Bonchev–Trinajstić information content (AvgIpc) is 3.03. The molecule has 0 radical (unpaired) electrons. The summed E-state index contributed by atoms with van der Waals surface area (Å²) in [6.07, 6.45) is 1.53. The average molecular weight is 581 g/mol. The molecular weight excluding hydrogens is 552 g/mol. The van der Waals surface area contributed by atoms with E-state index in [4.69, 9.17) is 14.2 Å². The zero-order chi connectivity index (χ0) is 29.3. The van der Waals surface area contributed by atoms with Gasteiger partial charge < -0.3 is 14.2 Å². The predicted molar refractivity (Wildman–Crippen MR) is 164 cm³/mol. The fraction of sp³-hybridized carbons (Fsp3) is 0.125. The zero-order valence-corrected chi connectivity index (χ0v) is 23.8. The van der Waals surface area contributed by atoms with E-state index in [2.05, 4.69) is 15.5 Å². The molecule has 1 N–H and O–H groups in total. The van der Waals surface area contributed by atoms with Gasteiger partial charge in [0.25, 0.3) is 11.5 Å². The lowest BCUT2D eigenvalue weighted by Gasteiger charge is -2.13. The van der Waals surface area contributed by atoms with Crippen molar-refractivity contribution in [3.05, 3.63) is 119 Å². The molecule has 0 aliphatic heterocycles. The van der Waals surface area contributed by atoms with Crippen molar-refractivity contribution >= 4 is 34.8 Å². The Morgan fingerprint density at radius 3 is 2.45 bits per heavy atom. The summed E-state index contributed by atoms with van der Waals surface area (Å²) in [6.45, 7) is 0.385. The van der Waals surface area contributed by atoms with Crippen LogP contribution < -0.4 is 25.2 Å². The molecule has 4 aromatic carbocycles. The molecule has 0 fully saturated rings. The minimum Gasteiger partial charge on any atom is -0.497 e. The topological polar surface area (TPSA) is 104 Å². The van der Waals surface area contributed by atoms with Crippen molar-refractivity contribution in [2.75, 3.05) is 20.0 Å². The van der Waals surface area contributed by atoms with Crippen LogP contribution in [0.4, 0.5) is 0 Å². The molecule has 212 valence electrons. The van der Waals surface area contributed by atoms with Gasteiger partial charge in [-0.2, -0.15) is 5.10 Å². The highest BCUT2D eigenvalue weighted by Gasteiger charge is 2.15. The van der Waals surface area contributed by atoms with E-state index in [-0.39, 0.29) is 17.2 Å². The number of carbonyl (C=O) groups excluding carboxylic acids is 1. The maximum Gasteiger partial charge on any atom is 0.266 e. The molecule has 0 saturated heterocycles. The van der Waals surface area contributed by atoms with Crippen molar-refractivity contribution in [2.24, 2.45) is 5.10 Å². The predicted octanol–water partition coefficient (Wildman–Crippen LogP) is 5.22. The van der Waals surface area contributed by atoms with Gasteiger partial charge in [-0.25, -0.2) is 10.4 Å². The summed E-state index contributed by atoms with van der Waals surface area (Å²) in [7, 11) is 3.16. The van der Waals surface area contributed by atoms with E-state index in [1.807, 2.05) is 42.5 Å². The first-order valence-corrected chi connectivity index (χ1v) is 14.0. The van der Waals surface area contributed by atoms with Gasteiger partial charge in [0.1, 0.15) is 12.4 Å². The van der Waals surface area contributed by atoms with Crippen LogP contribution in [-0.2, 0) is 11.4 Å². The van der Waals surface area contributed by atoms with Crippen molar-refractivity contribution in [3.63, 3.8) is 0 Å². The number of thioether (sulfide) groups is 1. The van der Waals surface area contributed by atoms with Crippen LogP contribution in [-0.4, -0.2) is 41.6 Å². The summed E-state index contributed by atoms with van der Waals surface area (Å²) in [5.41, 5.74) is 5.23. The molecule has 42 heavy (non-hydrogen) atoms. The van der Waals surface area contributed by atoms with Crippen molar-refractivity contribution in [2.45, 2.75) is 11.8 Å². The largest absolute Gasteiger partial charge is 0.497 e. The first-order chi connectivity index (χ1) is 20.6. The van der Waals surface area contributed by atoms with Crippen molar-refractivity contribution in [1.29, 1.82) is 0 Å². The quantitative estimate of drug-likeness (QED) is 0.0988. The molecule has 1 heterocycles. The number of hydrogen-bond acceptors (Lipinski definition) is 8. The molecule has 5 aromatic rings. The van der Waals surface area contributed by atoms with E-state index >= 15 is 0 Å². The number of amides is 1. The SMILES string of the molecule is COc1ccc(-n2c(SCC(=O)NN=Cc3ccc(OC)c(OCc4ccccc4)c3)nc3ccccc3c2=O)cc1. The lowest BCUT2D eigenvalue weighted by Crippen LogP contribution is -2.24. The van der Waals surface area contributed by atoms with Crippen molar-refractivity contribution < 1.29 is 19.0 Å². The number of hydrazone groups is 1. The molecule has 0 spiro atoms. The lowest BCUT2D eigenvalue weighted by molar-refractivity contribution is -0.118. The van der Waals surface area contributed by atoms with Crippen LogP contribution in [0.5, 0.6) is 17.2 Å². The second-order valence-corrected chi connectivity index (χ2v) is 9.96. The van der Waals surface area contributed by atoms with Crippen LogP contribution in [0.25, 0.3) is 16.6 Å². The number of benzene rings is 4. The minimum absolute atomic E-state index is 0.00761. The Balaban J connectivity index is 1.27. The number of methoxy groups -OCH3 is 2. The Hall–Kier alpha value is -5.09. The molecule has 0 bridgehead atoms. The number of rotatable bonds is 11. The lowest BCUT2D eigenvalue weighted by atomic mass is 10.2. The van der Waals surface area contributed by atoms with Crippen LogP contribution >= 0.6 is 11.8 Å². The molecule has 0 unspecified atom stereocenters. The van der Waals surface area contributed by atoms with E-state index in [0.29, 0.717) is 45.6 Å². The van der Waals surface area contributed by atoms with E-state index in [9.17, 15) is 9.59 Å². The highest BCUT2D eigenvalue weighted by molar-refractivity contribution is 7.99. The van der Waals surface area contributed by atoms with Crippen LogP contribution in [0.2, 0.25) is 0 Å². The van der Waals surface area contributed by atoms with E-state index < -0.39 is 0 Å². The highest BCUT2D eigenvalue weighted by Crippen LogP contribution is 2.28. The second-order valence-electron chi connectivity index (χ2n) is 9.02. The fourth-order valence-electron chi connectivity index (χ4n) is 4.13. The minimum atomic E-state index is -0.353.